The molecule has 2 aromatic rings. The number of halogens is 2. The Hall–Kier alpha value is 0.350. The molecule has 0 atom stereocenters. The first-order chi connectivity index (χ1) is 6.77. The monoisotopic (exact) mass is 382 g/mol. The van der Waals surface area contributed by atoms with Crippen molar-refractivity contribution < 1.29 is 5.11 Å². The molecule has 1 nitrogen and oxygen atoms in total. The molecule has 74 valence electrons. The Labute approximate surface area is 108 Å². The van der Waals surface area contributed by atoms with Gasteiger partial charge in [0.2, 0.25) is 0 Å². The Morgan fingerprint density at radius 2 is 2.29 bits per heavy atom. The lowest BCUT2D eigenvalue weighted by Gasteiger charge is -2.07. The van der Waals surface area contributed by atoms with Gasteiger partial charge in [-0.05, 0) is 56.6 Å². The fourth-order valence-corrected chi connectivity index (χ4v) is 4.63. The highest BCUT2D eigenvalue weighted by atomic mass is 127. The van der Waals surface area contributed by atoms with Crippen molar-refractivity contribution in [2.75, 3.05) is 0 Å². The molecule has 4 heteroatoms. The van der Waals surface area contributed by atoms with Crippen LogP contribution in [0.2, 0.25) is 0 Å². The predicted octanol–water partition coefficient (Wildman–Crippen LogP) is 3.89. The molecular weight excluding hydrogens is 375 g/mol. The molecule has 0 aliphatic carbocycles. The lowest BCUT2D eigenvalue weighted by Crippen LogP contribution is -1.93. The van der Waals surface area contributed by atoms with E-state index in [1.807, 2.05) is 0 Å². The van der Waals surface area contributed by atoms with Crippen molar-refractivity contribution in [2.45, 2.75) is 11.9 Å². The average Bonchev–Trinajstić information content (AvgIpc) is 2.64. The van der Waals surface area contributed by atoms with Gasteiger partial charge in [0.15, 0.2) is 0 Å². The predicted molar refractivity (Wildman–Crippen MR) is 73.1 cm³/mol. The molecule has 1 heterocycles. The van der Waals surface area contributed by atoms with Gasteiger partial charge in [-0.3, -0.25) is 0 Å². The fraction of sp³-hybridized carbons (Fsp3) is 0.200. The molecule has 0 aliphatic rings. The zero-order valence-electron chi connectivity index (χ0n) is 7.26. The number of fused-ring (bicyclic) bond motifs is 1. The Bertz CT molecular complexity index is 466. The maximum atomic E-state index is 9.22. The SMILES string of the molecule is OCc1cc2ccsc2c(CBr)c1I. The Balaban J connectivity index is 2.80. The lowest BCUT2D eigenvalue weighted by atomic mass is 10.1. The van der Waals surface area contributed by atoms with E-state index in [9.17, 15) is 5.11 Å². The molecule has 0 aliphatic heterocycles. The van der Waals surface area contributed by atoms with Crippen LogP contribution in [0.3, 0.4) is 0 Å². The Morgan fingerprint density at radius 1 is 1.50 bits per heavy atom. The van der Waals surface area contributed by atoms with E-state index in [4.69, 9.17) is 0 Å². The van der Waals surface area contributed by atoms with Crippen LogP contribution < -0.4 is 0 Å². The van der Waals surface area contributed by atoms with Crippen LogP contribution in [0.25, 0.3) is 10.1 Å². The quantitative estimate of drug-likeness (QED) is 0.617. The molecule has 14 heavy (non-hydrogen) atoms. The molecule has 1 aromatic heterocycles. The van der Waals surface area contributed by atoms with Gasteiger partial charge in [-0.2, -0.15) is 0 Å². The highest BCUT2D eigenvalue weighted by molar-refractivity contribution is 14.1. The first kappa shape index (κ1) is 10.9. The van der Waals surface area contributed by atoms with Crippen molar-refractivity contribution in [3.8, 4) is 0 Å². The van der Waals surface area contributed by atoms with E-state index < -0.39 is 0 Å². The summed E-state index contributed by atoms with van der Waals surface area (Å²) in [6.07, 6.45) is 0. The minimum atomic E-state index is 0.115. The molecule has 0 saturated carbocycles. The standard InChI is InChI=1S/C10H8BrIOS/c11-4-8-9(12)7(5-13)3-6-1-2-14-10(6)8/h1-3,13H,4-5H2. The highest BCUT2D eigenvalue weighted by Crippen LogP contribution is 2.32. The van der Waals surface area contributed by atoms with Crippen molar-refractivity contribution in [3.05, 3.63) is 32.2 Å². The summed E-state index contributed by atoms with van der Waals surface area (Å²) in [6, 6.07) is 4.17. The molecule has 0 unspecified atom stereocenters. The minimum Gasteiger partial charge on any atom is -0.392 e. The zero-order valence-corrected chi connectivity index (χ0v) is 11.8. The van der Waals surface area contributed by atoms with Gasteiger partial charge >= 0.3 is 0 Å². The smallest absolute Gasteiger partial charge is 0.0692 e. The van der Waals surface area contributed by atoms with Crippen molar-refractivity contribution in [1.29, 1.82) is 0 Å². The summed E-state index contributed by atoms with van der Waals surface area (Å²) in [5.41, 5.74) is 2.31. The summed E-state index contributed by atoms with van der Waals surface area (Å²) < 4.78 is 2.50. The van der Waals surface area contributed by atoms with Gasteiger partial charge in [-0.1, -0.05) is 15.9 Å². The van der Waals surface area contributed by atoms with Crippen molar-refractivity contribution in [3.63, 3.8) is 0 Å². The lowest BCUT2D eigenvalue weighted by molar-refractivity contribution is 0.281. The van der Waals surface area contributed by atoms with Gasteiger partial charge in [-0.15, -0.1) is 11.3 Å². The van der Waals surface area contributed by atoms with Crippen LogP contribution in [0.4, 0.5) is 0 Å². The number of hydrogen-bond acceptors (Lipinski definition) is 2. The number of hydrogen-bond donors (Lipinski definition) is 1. The molecule has 0 bridgehead atoms. The topological polar surface area (TPSA) is 20.2 Å². The number of benzene rings is 1. The molecule has 0 radical (unpaired) electrons. The maximum absolute atomic E-state index is 9.22. The van der Waals surface area contributed by atoms with Crippen LogP contribution in [0.1, 0.15) is 11.1 Å². The summed E-state index contributed by atoms with van der Waals surface area (Å²) in [5.74, 6) is 0. The summed E-state index contributed by atoms with van der Waals surface area (Å²) in [5, 5.41) is 13.4. The number of aliphatic hydroxyl groups is 1. The number of alkyl halides is 1. The van der Waals surface area contributed by atoms with Crippen LogP contribution in [0.5, 0.6) is 0 Å². The summed E-state index contributed by atoms with van der Waals surface area (Å²) >= 11 is 7.56. The molecule has 0 saturated heterocycles. The van der Waals surface area contributed by atoms with Crippen molar-refractivity contribution in [2.24, 2.45) is 0 Å². The number of thiophene rings is 1. The van der Waals surface area contributed by atoms with E-state index in [0.717, 1.165) is 10.9 Å². The fourth-order valence-electron chi connectivity index (χ4n) is 1.46. The first-order valence-corrected chi connectivity index (χ1v) is 7.20. The third kappa shape index (κ3) is 1.73. The van der Waals surface area contributed by atoms with Crippen molar-refractivity contribution >= 4 is 59.9 Å². The molecule has 1 N–H and O–H groups in total. The minimum absolute atomic E-state index is 0.115. The van der Waals surface area contributed by atoms with E-state index in [-0.39, 0.29) is 6.61 Å². The first-order valence-electron chi connectivity index (χ1n) is 4.12. The van der Waals surface area contributed by atoms with Crippen LogP contribution >= 0.6 is 49.9 Å². The third-order valence-corrected chi connectivity index (χ3v) is 5.04. The molecule has 2 rings (SSSR count). The van der Waals surface area contributed by atoms with E-state index in [1.165, 1.54) is 19.2 Å². The van der Waals surface area contributed by atoms with E-state index in [0.29, 0.717) is 0 Å². The highest BCUT2D eigenvalue weighted by Gasteiger charge is 2.10. The second-order valence-electron chi connectivity index (χ2n) is 2.96. The summed E-state index contributed by atoms with van der Waals surface area (Å²) in [7, 11) is 0. The van der Waals surface area contributed by atoms with Crippen LogP contribution in [0, 0.1) is 3.57 Å². The number of rotatable bonds is 2. The number of aliphatic hydroxyl groups excluding tert-OH is 1. The normalized spacial score (nSPS) is 11.1. The second-order valence-corrected chi connectivity index (χ2v) is 5.51. The molecular formula is C10H8BrIOS. The summed E-state index contributed by atoms with van der Waals surface area (Å²) in [6.45, 7) is 0.115. The van der Waals surface area contributed by atoms with Gasteiger partial charge in [0.1, 0.15) is 0 Å². The average molecular weight is 383 g/mol. The van der Waals surface area contributed by atoms with Gasteiger partial charge < -0.3 is 5.11 Å². The second kappa shape index (κ2) is 4.47. The van der Waals surface area contributed by atoms with Crippen molar-refractivity contribution in [1.82, 2.24) is 0 Å². The molecule has 0 spiro atoms. The van der Waals surface area contributed by atoms with Gasteiger partial charge in [0, 0.05) is 13.6 Å². The molecule has 0 fully saturated rings. The van der Waals surface area contributed by atoms with Crippen LogP contribution in [0.15, 0.2) is 17.5 Å². The van der Waals surface area contributed by atoms with E-state index in [1.54, 1.807) is 11.3 Å². The Morgan fingerprint density at radius 3 is 2.93 bits per heavy atom. The summed E-state index contributed by atoms with van der Waals surface area (Å²) in [4.78, 5) is 0. The van der Waals surface area contributed by atoms with E-state index >= 15 is 0 Å². The third-order valence-electron chi connectivity index (χ3n) is 2.15. The zero-order chi connectivity index (χ0) is 10.1. The van der Waals surface area contributed by atoms with Crippen LogP contribution in [-0.2, 0) is 11.9 Å². The van der Waals surface area contributed by atoms with Gasteiger partial charge in [-0.25, -0.2) is 0 Å². The van der Waals surface area contributed by atoms with Gasteiger partial charge in [0.25, 0.3) is 0 Å². The molecule has 1 aromatic carbocycles. The van der Waals surface area contributed by atoms with Crippen LogP contribution in [-0.4, -0.2) is 5.11 Å². The van der Waals surface area contributed by atoms with E-state index in [2.05, 4.69) is 56.0 Å². The Kier molecular flexibility index (Phi) is 3.46. The van der Waals surface area contributed by atoms with Gasteiger partial charge in [0.05, 0.1) is 6.61 Å². The molecule has 0 amide bonds. The maximum Gasteiger partial charge on any atom is 0.0692 e. The largest absolute Gasteiger partial charge is 0.392 e.